The highest BCUT2D eigenvalue weighted by molar-refractivity contribution is 5.25. The molecular weight excluding hydrogens is 170 g/mol. The van der Waals surface area contributed by atoms with Crippen LogP contribution in [0.3, 0.4) is 0 Å². The highest BCUT2D eigenvalue weighted by Crippen LogP contribution is 1.95. The molecule has 0 heterocycles. The first-order chi connectivity index (χ1) is 6.81. The lowest BCUT2D eigenvalue weighted by molar-refractivity contribution is 1.10. The molecule has 0 amide bonds. The molecule has 0 atom stereocenters. The van der Waals surface area contributed by atoms with Crippen molar-refractivity contribution >= 4 is 0 Å². The summed E-state index contributed by atoms with van der Waals surface area (Å²) in [4.78, 5) is 0. The number of allylic oxidation sites excluding steroid dienone is 9. The van der Waals surface area contributed by atoms with E-state index < -0.39 is 0 Å². The molecule has 0 aliphatic heterocycles. The van der Waals surface area contributed by atoms with Crippen LogP contribution in [0.1, 0.15) is 13.8 Å². The third kappa shape index (κ3) is 8.60. The Kier molecular flexibility index (Phi) is 8.56. The second-order valence-corrected chi connectivity index (χ2v) is 2.83. The van der Waals surface area contributed by atoms with E-state index in [1.807, 2.05) is 56.6 Å². The van der Waals surface area contributed by atoms with Crippen LogP contribution >= 0.6 is 0 Å². The van der Waals surface area contributed by atoms with Crippen molar-refractivity contribution in [3.8, 4) is 0 Å². The summed E-state index contributed by atoms with van der Waals surface area (Å²) in [6, 6.07) is 0. The van der Waals surface area contributed by atoms with Gasteiger partial charge in [-0.25, -0.2) is 0 Å². The maximum Gasteiger partial charge on any atom is 0.00277 e. The molecule has 0 rings (SSSR count). The maximum atomic E-state index is 2.93. The summed E-state index contributed by atoms with van der Waals surface area (Å²) in [6.07, 6.45) is 18.1. The Morgan fingerprint density at radius 2 is 1.79 bits per heavy atom. The van der Waals surface area contributed by atoms with Gasteiger partial charge in [-0.1, -0.05) is 48.1 Å². The Morgan fingerprint density at radius 1 is 1.00 bits per heavy atom. The Bertz CT molecular complexity index is 265. The third-order valence-electron chi connectivity index (χ3n) is 1.51. The molecule has 0 spiro atoms. The predicted molar refractivity (Wildman–Crippen MR) is 65.1 cm³/mol. The Labute approximate surface area is 87.2 Å². The molecule has 14 heavy (non-hydrogen) atoms. The van der Waals surface area contributed by atoms with E-state index in [9.17, 15) is 0 Å². The van der Waals surface area contributed by atoms with Crippen molar-refractivity contribution in [1.82, 2.24) is 5.32 Å². The third-order valence-corrected chi connectivity index (χ3v) is 1.51. The molecule has 0 fully saturated rings. The van der Waals surface area contributed by atoms with Crippen LogP contribution in [0.2, 0.25) is 0 Å². The summed E-state index contributed by atoms with van der Waals surface area (Å²) in [5.41, 5.74) is 1.23. The molecule has 1 N–H and O–H groups in total. The van der Waals surface area contributed by atoms with Crippen LogP contribution in [0.5, 0.6) is 0 Å². The van der Waals surface area contributed by atoms with Crippen LogP contribution in [0, 0.1) is 0 Å². The number of rotatable bonds is 5. The van der Waals surface area contributed by atoms with Crippen LogP contribution in [0.4, 0.5) is 0 Å². The zero-order valence-corrected chi connectivity index (χ0v) is 9.20. The van der Waals surface area contributed by atoms with Gasteiger partial charge in [-0.05, 0) is 26.1 Å². The molecule has 76 valence electrons. The van der Waals surface area contributed by atoms with Crippen molar-refractivity contribution in [3.05, 3.63) is 60.4 Å². The van der Waals surface area contributed by atoms with Gasteiger partial charge in [-0.2, -0.15) is 0 Å². The van der Waals surface area contributed by atoms with Gasteiger partial charge >= 0.3 is 0 Å². The molecule has 0 unspecified atom stereocenters. The average molecular weight is 189 g/mol. The van der Waals surface area contributed by atoms with E-state index in [0.717, 1.165) is 0 Å². The van der Waals surface area contributed by atoms with Crippen molar-refractivity contribution in [2.75, 3.05) is 7.05 Å². The SMILES string of the molecule is C/C=C/C=C/C=C(C)/C=C/C=C/NC. The first-order valence-electron chi connectivity index (χ1n) is 4.78. The lowest BCUT2D eigenvalue weighted by Gasteiger charge is -1.86. The lowest BCUT2D eigenvalue weighted by Crippen LogP contribution is -1.89. The van der Waals surface area contributed by atoms with Gasteiger partial charge in [0, 0.05) is 7.05 Å². The van der Waals surface area contributed by atoms with E-state index in [2.05, 4.69) is 24.4 Å². The molecule has 0 saturated carbocycles. The van der Waals surface area contributed by atoms with Gasteiger partial charge < -0.3 is 5.32 Å². The molecule has 0 saturated heterocycles. The largest absolute Gasteiger partial charge is 0.394 e. The molecular formula is C13H19N. The van der Waals surface area contributed by atoms with Crippen molar-refractivity contribution in [3.63, 3.8) is 0 Å². The molecule has 0 aromatic carbocycles. The molecule has 0 radical (unpaired) electrons. The fourth-order valence-corrected chi connectivity index (χ4v) is 0.797. The van der Waals surface area contributed by atoms with E-state index in [1.165, 1.54) is 5.57 Å². The minimum atomic E-state index is 1.23. The fraction of sp³-hybridized carbons (Fsp3) is 0.231. The molecule has 0 aromatic rings. The Balaban J connectivity index is 3.99. The molecule has 1 heteroatoms. The van der Waals surface area contributed by atoms with Crippen LogP contribution in [0.25, 0.3) is 0 Å². The number of hydrogen-bond acceptors (Lipinski definition) is 1. The van der Waals surface area contributed by atoms with Crippen LogP contribution in [-0.4, -0.2) is 7.05 Å². The highest BCUT2D eigenvalue weighted by atomic mass is 14.8. The first-order valence-corrected chi connectivity index (χ1v) is 4.78. The van der Waals surface area contributed by atoms with E-state index in [-0.39, 0.29) is 0 Å². The summed E-state index contributed by atoms with van der Waals surface area (Å²) in [7, 11) is 1.88. The van der Waals surface area contributed by atoms with E-state index >= 15 is 0 Å². The smallest absolute Gasteiger partial charge is 0.00277 e. The first kappa shape index (κ1) is 12.5. The van der Waals surface area contributed by atoms with Crippen molar-refractivity contribution in [2.45, 2.75) is 13.8 Å². The minimum Gasteiger partial charge on any atom is -0.394 e. The molecule has 0 bridgehead atoms. The summed E-state index contributed by atoms with van der Waals surface area (Å²) in [5.74, 6) is 0. The predicted octanol–water partition coefficient (Wildman–Crippen LogP) is 3.35. The topological polar surface area (TPSA) is 12.0 Å². The standard InChI is InChI=1S/C13H19N/c1-4-5-6-7-10-13(2)11-8-9-12-14-3/h4-12,14H,1-3H3/b5-4+,7-6+,11-8+,12-9+,13-10+. The van der Waals surface area contributed by atoms with Crippen LogP contribution in [-0.2, 0) is 0 Å². The highest BCUT2D eigenvalue weighted by Gasteiger charge is 1.75. The fourth-order valence-electron chi connectivity index (χ4n) is 0.797. The normalized spacial score (nSPS) is 14.1. The Hall–Kier alpha value is -1.50. The number of hydrogen-bond donors (Lipinski definition) is 1. The Morgan fingerprint density at radius 3 is 2.43 bits per heavy atom. The quantitative estimate of drug-likeness (QED) is 0.654. The zero-order valence-electron chi connectivity index (χ0n) is 9.20. The monoisotopic (exact) mass is 189 g/mol. The van der Waals surface area contributed by atoms with Crippen molar-refractivity contribution in [1.29, 1.82) is 0 Å². The zero-order chi connectivity index (χ0) is 10.6. The van der Waals surface area contributed by atoms with Gasteiger partial charge in [0.2, 0.25) is 0 Å². The molecule has 1 nitrogen and oxygen atoms in total. The maximum absolute atomic E-state index is 2.93. The van der Waals surface area contributed by atoms with Gasteiger partial charge in [0.25, 0.3) is 0 Å². The van der Waals surface area contributed by atoms with Gasteiger partial charge in [0.15, 0.2) is 0 Å². The van der Waals surface area contributed by atoms with E-state index in [0.29, 0.717) is 0 Å². The summed E-state index contributed by atoms with van der Waals surface area (Å²) in [5, 5.41) is 2.93. The van der Waals surface area contributed by atoms with Crippen LogP contribution in [0.15, 0.2) is 60.4 Å². The van der Waals surface area contributed by atoms with Crippen LogP contribution < -0.4 is 5.32 Å². The lowest BCUT2D eigenvalue weighted by atomic mass is 10.2. The van der Waals surface area contributed by atoms with Gasteiger partial charge in [-0.15, -0.1) is 0 Å². The van der Waals surface area contributed by atoms with E-state index in [1.54, 1.807) is 0 Å². The van der Waals surface area contributed by atoms with Gasteiger partial charge in [0.1, 0.15) is 0 Å². The summed E-state index contributed by atoms with van der Waals surface area (Å²) in [6.45, 7) is 4.08. The number of nitrogens with one attached hydrogen (secondary N) is 1. The average Bonchev–Trinajstić information content (AvgIpc) is 2.19. The molecule has 0 aromatic heterocycles. The van der Waals surface area contributed by atoms with Gasteiger partial charge in [-0.3, -0.25) is 0 Å². The van der Waals surface area contributed by atoms with Crippen molar-refractivity contribution < 1.29 is 0 Å². The molecule has 0 aliphatic carbocycles. The summed E-state index contributed by atoms with van der Waals surface area (Å²) >= 11 is 0. The van der Waals surface area contributed by atoms with E-state index in [4.69, 9.17) is 0 Å². The second-order valence-electron chi connectivity index (χ2n) is 2.83. The van der Waals surface area contributed by atoms with Gasteiger partial charge in [0.05, 0.1) is 0 Å². The summed E-state index contributed by atoms with van der Waals surface area (Å²) < 4.78 is 0. The minimum absolute atomic E-state index is 1.23. The second kappa shape index (κ2) is 9.59. The molecule has 0 aliphatic rings. The van der Waals surface area contributed by atoms with Crippen molar-refractivity contribution in [2.24, 2.45) is 0 Å².